The molecular weight excluding hydrogens is 222 g/mol. The van der Waals surface area contributed by atoms with Gasteiger partial charge in [0.05, 0.1) is 7.11 Å². The largest absolute Gasteiger partial charge is 0.496 e. The van der Waals surface area contributed by atoms with Crippen LogP contribution in [0.5, 0.6) is 5.75 Å². The molecular formula is C13H18ClNO. The van der Waals surface area contributed by atoms with Crippen LogP contribution in [-0.4, -0.2) is 20.2 Å². The molecule has 1 aliphatic rings. The zero-order valence-electron chi connectivity index (χ0n) is 9.79. The third-order valence-electron chi connectivity index (χ3n) is 3.39. The summed E-state index contributed by atoms with van der Waals surface area (Å²) in [5.74, 6) is 2.03. The molecule has 2 unspecified atom stereocenters. The lowest BCUT2D eigenvalue weighted by Crippen LogP contribution is -2.34. The Labute approximate surface area is 102 Å². The van der Waals surface area contributed by atoms with E-state index in [-0.39, 0.29) is 0 Å². The predicted octanol–water partition coefficient (Wildman–Crippen LogP) is 3.06. The Hall–Kier alpha value is -0.730. The van der Waals surface area contributed by atoms with Crippen molar-refractivity contribution in [2.75, 3.05) is 20.2 Å². The van der Waals surface area contributed by atoms with E-state index >= 15 is 0 Å². The van der Waals surface area contributed by atoms with Crippen LogP contribution in [0, 0.1) is 5.92 Å². The number of halogens is 1. The molecule has 88 valence electrons. The summed E-state index contributed by atoms with van der Waals surface area (Å²) < 4.78 is 5.42. The van der Waals surface area contributed by atoms with Crippen molar-refractivity contribution in [1.82, 2.24) is 5.32 Å². The van der Waals surface area contributed by atoms with E-state index in [4.69, 9.17) is 16.3 Å². The Kier molecular flexibility index (Phi) is 3.72. The fraction of sp³-hybridized carbons (Fsp3) is 0.538. The van der Waals surface area contributed by atoms with Gasteiger partial charge < -0.3 is 10.1 Å². The van der Waals surface area contributed by atoms with Crippen LogP contribution in [-0.2, 0) is 0 Å². The fourth-order valence-corrected chi connectivity index (χ4v) is 2.80. The van der Waals surface area contributed by atoms with Crippen molar-refractivity contribution in [3.05, 3.63) is 28.8 Å². The van der Waals surface area contributed by atoms with Crippen LogP contribution in [0.1, 0.15) is 24.8 Å². The van der Waals surface area contributed by atoms with Crippen LogP contribution in [0.3, 0.4) is 0 Å². The van der Waals surface area contributed by atoms with Gasteiger partial charge in [0, 0.05) is 10.6 Å². The van der Waals surface area contributed by atoms with Crippen molar-refractivity contribution >= 4 is 11.6 Å². The van der Waals surface area contributed by atoms with Gasteiger partial charge in [-0.25, -0.2) is 0 Å². The molecule has 1 aromatic carbocycles. The van der Waals surface area contributed by atoms with Gasteiger partial charge in [-0.2, -0.15) is 0 Å². The molecule has 0 amide bonds. The van der Waals surface area contributed by atoms with Gasteiger partial charge in [0.15, 0.2) is 0 Å². The second-order valence-electron chi connectivity index (χ2n) is 4.43. The average Bonchev–Trinajstić information content (AvgIpc) is 2.30. The molecule has 1 aromatic rings. The van der Waals surface area contributed by atoms with Crippen LogP contribution in [0.4, 0.5) is 0 Å². The van der Waals surface area contributed by atoms with Crippen molar-refractivity contribution in [1.29, 1.82) is 0 Å². The quantitative estimate of drug-likeness (QED) is 0.857. The van der Waals surface area contributed by atoms with Gasteiger partial charge in [0.25, 0.3) is 0 Å². The van der Waals surface area contributed by atoms with Crippen LogP contribution in [0.25, 0.3) is 0 Å². The lowest BCUT2D eigenvalue weighted by atomic mass is 9.82. The van der Waals surface area contributed by atoms with Crippen LogP contribution in [0.2, 0.25) is 5.02 Å². The SMILES string of the molecule is COc1cccc(Cl)c1C1CCNCC1C. The molecule has 1 N–H and O–H groups in total. The fourth-order valence-electron chi connectivity index (χ4n) is 2.50. The molecule has 3 heteroatoms. The minimum Gasteiger partial charge on any atom is -0.496 e. The normalized spacial score (nSPS) is 25.4. The molecule has 0 spiro atoms. The van der Waals surface area contributed by atoms with E-state index in [9.17, 15) is 0 Å². The summed E-state index contributed by atoms with van der Waals surface area (Å²) in [7, 11) is 1.71. The summed E-state index contributed by atoms with van der Waals surface area (Å²) in [6.45, 7) is 4.38. The molecule has 16 heavy (non-hydrogen) atoms. The number of nitrogens with one attached hydrogen (secondary N) is 1. The molecule has 2 atom stereocenters. The summed E-state index contributed by atoms with van der Waals surface area (Å²) in [6.07, 6.45) is 1.13. The molecule has 2 rings (SSSR count). The molecule has 1 heterocycles. The molecule has 1 saturated heterocycles. The van der Waals surface area contributed by atoms with Crippen LogP contribution >= 0.6 is 11.6 Å². The third kappa shape index (κ3) is 2.18. The molecule has 1 fully saturated rings. The molecule has 1 aliphatic heterocycles. The number of piperidine rings is 1. The smallest absolute Gasteiger partial charge is 0.123 e. The number of benzene rings is 1. The van der Waals surface area contributed by atoms with E-state index in [1.54, 1.807) is 7.11 Å². The van der Waals surface area contributed by atoms with Gasteiger partial charge in [-0.1, -0.05) is 24.6 Å². The van der Waals surface area contributed by atoms with E-state index in [2.05, 4.69) is 12.2 Å². The molecule has 0 radical (unpaired) electrons. The highest BCUT2D eigenvalue weighted by Crippen LogP contribution is 2.40. The van der Waals surface area contributed by atoms with Crippen molar-refractivity contribution < 1.29 is 4.74 Å². The van der Waals surface area contributed by atoms with Gasteiger partial charge in [0.2, 0.25) is 0 Å². The zero-order valence-corrected chi connectivity index (χ0v) is 10.6. The molecule has 0 aliphatic carbocycles. The molecule has 0 saturated carbocycles. The summed E-state index contributed by atoms with van der Waals surface area (Å²) >= 11 is 6.31. The topological polar surface area (TPSA) is 21.3 Å². The van der Waals surface area contributed by atoms with E-state index < -0.39 is 0 Å². The van der Waals surface area contributed by atoms with E-state index in [0.29, 0.717) is 11.8 Å². The Morgan fingerprint density at radius 2 is 2.25 bits per heavy atom. The van der Waals surface area contributed by atoms with Gasteiger partial charge >= 0.3 is 0 Å². The Morgan fingerprint density at radius 1 is 1.44 bits per heavy atom. The standard InChI is InChI=1S/C13H18ClNO/c1-9-8-15-7-6-10(9)13-11(14)4-3-5-12(13)16-2/h3-5,9-10,15H,6-8H2,1-2H3. The van der Waals surface area contributed by atoms with E-state index in [1.807, 2.05) is 18.2 Å². The second-order valence-corrected chi connectivity index (χ2v) is 4.84. The average molecular weight is 240 g/mol. The molecule has 0 aromatic heterocycles. The van der Waals surface area contributed by atoms with Crippen LogP contribution < -0.4 is 10.1 Å². The van der Waals surface area contributed by atoms with Crippen molar-refractivity contribution in [3.63, 3.8) is 0 Å². The van der Waals surface area contributed by atoms with Crippen molar-refractivity contribution in [2.45, 2.75) is 19.3 Å². The Morgan fingerprint density at radius 3 is 2.94 bits per heavy atom. The first-order valence-corrected chi connectivity index (χ1v) is 6.15. The van der Waals surface area contributed by atoms with Gasteiger partial charge in [-0.05, 0) is 43.5 Å². The second kappa shape index (κ2) is 5.07. The van der Waals surface area contributed by atoms with Gasteiger partial charge in [-0.3, -0.25) is 0 Å². The maximum atomic E-state index is 6.31. The highest BCUT2D eigenvalue weighted by Gasteiger charge is 2.27. The highest BCUT2D eigenvalue weighted by molar-refractivity contribution is 6.31. The van der Waals surface area contributed by atoms with E-state index in [0.717, 1.165) is 30.3 Å². The summed E-state index contributed by atoms with van der Waals surface area (Å²) in [4.78, 5) is 0. The lowest BCUT2D eigenvalue weighted by molar-refractivity contribution is 0.334. The number of methoxy groups -OCH3 is 1. The lowest BCUT2D eigenvalue weighted by Gasteiger charge is -2.31. The Balaban J connectivity index is 2.37. The monoisotopic (exact) mass is 239 g/mol. The van der Waals surface area contributed by atoms with Crippen molar-refractivity contribution in [3.8, 4) is 5.75 Å². The van der Waals surface area contributed by atoms with E-state index in [1.165, 1.54) is 5.56 Å². The minimum atomic E-state index is 0.505. The highest BCUT2D eigenvalue weighted by atomic mass is 35.5. The summed E-state index contributed by atoms with van der Waals surface area (Å²) in [5.41, 5.74) is 1.18. The Bertz CT molecular complexity index is 367. The van der Waals surface area contributed by atoms with Crippen LogP contribution in [0.15, 0.2) is 18.2 Å². The molecule has 0 bridgehead atoms. The number of rotatable bonds is 2. The first-order valence-electron chi connectivity index (χ1n) is 5.77. The minimum absolute atomic E-state index is 0.505. The molecule has 2 nitrogen and oxygen atoms in total. The number of ether oxygens (including phenoxy) is 1. The third-order valence-corrected chi connectivity index (χ3v) is 3.72. The van der Waals surface area contributed by atoms with Gasteiger partial charge in [0.1, 0.15) is 5.75 Å². The van der Waals surface area contributed by atoms with Crippen molar-refractivity contribution in [2.24, 2.45) is 5.92 Å². The predicted molar refractivity (Wildman–Crippen MR) is 67.4 cm³/mol. The zero-order chi connectivity index (χ0) is 11.5. The summed E-state index contributed by atoms with van der Waals surface area (Å²) in [5, 5.41) is 4.24. The number of hydrogen-bond donors (Lipinski definition) is 1. The first-order chi connectivity index (χ1) is 7.74. The first kappa shape index (κ1) is 11.7. The summed E-state index contributed by atoms with van der Waals surface area (Å²) in [6, 6.07) is 5.89. The number of hydrogen-bond acceptors (Lipinski definition) is 2. The van der Waals surface area contributed by atoms with Gasteiger partial charge in [-0.15, -0.1) is 0 Å². The maximum Gasteiger partial charge on any atom is 0.123 e. The maximum absolute atomic E-state index is 6.31.